The molecule has 1 fully saturated rings. The quantitative estimate of drug-likeness (QED) is 0.790. The van der Waals surface area contributed by atoms with Gasteiger partial charge in [-0.25, -0.2) is 0 Å². The first-order valence-electron chi connectivity index (χ1n) is 9.96. The Labute approximate surface area is 170 Å². The Bertz CT molecular complexity index is 893. The Morgan fingerprint density at radius 1 is 1.07 bits per heavy atom. The molecule has 0 bridgehead atoms. The maximum atomic E-state index is 12.8. The van der Waals surface area contributed by atoms with E-state index in [4.69, 9.17) is 9.47 Å². The summed E-state index contributed by atoms with van der Waals surface area (Å²) >= 11 is 0. The monoisotopic (exact) mass is 396 g/mol. The van der Waals surface area contributed by atoms with Crippen LogP contribution in [-0.4, -0.2) is 62.1 Å². The molecule has 2 heterocycles. The molecule has 0 saturated carbocycles. The van der Waals surface area contributed by atoms with Crippen LogP contribution < -0.4 is 19.7 Å². The van der Waals surface area contributed by atoms with Crippen molar-refractivity contribution in [1.82, 2.24) is 4.90 Å². The second-order valence-electron chi connectivity index (χ2n) is 7.48. The number of fused-ring (bicyclic) bond motifs is 1. The highest BCUT2D eigenvalue weighted by Crippen LogP contribution is 2.31. The number of carbonyl (C=O) groups excluding carboxylic acids is 2. The Balaban J connectivity index is 1.26. The van der Waals surface area contributed by atoms with E-state index in [0.717, 1.165) is 24.3 Å². The third-order valence-electron chi connectivity index (χ3n) is 5.40. The zero-order valence-corrected chi connectivity index (χ0v) is 16.5. The third kappa shape index (κ3) is 4.51. The molecule has 1 saturated heterocycles. The summed E-state index contributed by atoms with van der Waals surface area (Å²) in [6.07, 6.45) is -0.615. The van der Waals surface area contributed by atoms with Gasteiger partial charge in [0.1, 0.15) is 6.61 Å². The number of hydrogen-bond donors (Lipinski definition) is 2. The Morgan fingerprint density at radius 3 is 2.52 bits per heavy atom. The van der Waals surface area contributed by atoms with Crippen LogP contribution in [0.25, 0.3) is 0 Å². The molecule has 29 heavy (non-hydrogen) atoms. The van der Waals surface area contributed by atoms with E-state index in [1.807, 2.05) is 60.4 Å². The van der Waals surface area contributed by atoms with Gasteiger partial charge in [-0.3, -0.25) is 9.59 Å². The number of carbonyl (C=O) groups is 2. The lowest BCUT2D eigenvalue weighted by Gasteiger charge is -2.35. The molecular weight excluding hydrogens is 370 g/mol. The second kappa shape index (κ2) is 8.53. The molecule has 0 aliphatic carbocycles. The number of quaternary nitrogens is 1. The largest absolute Gasteiger partial charge is 0.485 e. The predicted molar refractivity (Wildman–Crippen MR) is 108 cm³/mol. The molecule has 152 valence electrons. The smallest absolute Gasteiger partial charge is 0.279 e. The van der Waals surface area contributed by atoms with Gasteiger partial charge in [-0.05, 0) is 30.7 Å². The van der Waals surface area contributed by atoms with E-state index in [2.05, 4.69) is 5.32 Å². The van der Waals surface area contributed by atoms with Crippen LogP contribution in [0.4, 0.5) is 5.69 Å². The number of nitrogens with one attached hydrogen (secondary N) is 2. The summed E-state index contributed by atoms with van der Waals surface area (Å²) in [4.78, 5) is 28.1. The summed E-state index contributed by atoms with van der Waals surface area (Å²) in [5.74, 6) is 1.22. The summed E-state index contributed by atoms with van der Waals surface area (Å²) in [6, 6.07) is 15.1. The summed E-state index contributed by atoms with van der Waals surface area (Å²) < 4.78 is 11.5. The van der Waals surface area contributed by atoms with E-state index in [-0.39, 0.29) is 18.4 Å². The lowest BCUT2D eigenvalue weighted by molar-refractivity contribution is -0.895. The molecule has 2 amide bonds. The number of nitrogens with zero attached hydrogens (tertiary/aromatic N) is 1. The van der Waals surface area contributed by atoms with Crippen LogP contribution in [0.1, 0.15) is 5.56 Å². The first-order chi connectivity index (χ1) is 14.1. The minimum Gasteiger partial charge on any atom is -0.485 e. The second-order valence-corrected chi connectivity index (χ2v) is 7.48. The van der Waals surface area contributed by atoms with Crippen LogP contribution in [-0.2, 0) is 9.59 Å². The Kier molecular flexibility index (Phi) is 5.67. The van der Waals surface area contributed by atoms with Crippen molar-refractivity contribution in [3.63, 3.8) is 0 Å². The highest BCUT2D eigenvalue weighted by atomic mass is 16.6. The molecule has 0 radical (unpaired) electrons. The average molecular weight is 396 g/mol. The predicted octanol–water partition coefficient (Wildman–Crippen LogP) is 0.501. The van der Waals surface area contributed by atoms with Gasteiger partial charge in [0.05, 0.1) is 26.2 Å². The zero-order chi connectivity index (χ0) is 20.2. The van der Waals surface area contributed by atoms with Crippen LogP contribution in [0.3, 0.4) is 0 Å². The first kappa shape index (κ1) is 19.3. The minimum atomic E-state index is -0.615. The van der Waals surface area contributed by atoms with Gasteiger partial charge in [-0.2, -0.15) is 0 Å². The molecule has 4 rings (SSSR count). The van der Waals surface area contributed by atoms with Gasteiger partial charge in [0.2, 0.25) is 6.10 Å². The van der Waals surface area contributed by atoms with Gasteiger partial charge < -0.3 is 24.6 Å². The highest BCUT2D eigenvalue weighted by Gasteiger charge is 2.34. The molecule has 2 aliphatic heterocycles. The number of aryl methyl sites for hydroxylation is 1. The molecule has 2 N–H and O–H groups in total. The minimum absolute atomic E-state index is 0.00491. The number of para-hydroxylation sites is 3. The van der Waals surface area contributed by atoms with Crippen LogP contribution in [0, 0.1) is 6.92 Å². The van der Waals surface area contributed by atoms with Gasteiger partial charge in [0, 0.05) is 5.69 Å². The van der Waals surface area contributed by atoms with Crippen molar-refractivity contribution in [2.45, 2.75) is 13.0 Å². The number of benzene rings is 2. The number of piperazine rings is 1. The molecule has 2 aromatic rings. The fourth-order valence-electron chi connectivity index (χ4n) is 3.70. The number of rotatable bonds is 4. The molecule has 2 aromatic carbocycles. The highest BCUT2D eigenvalue weighted by molar-refractivity contribution is 5.92. The Morgan fingerprint density at radius 2 is 1.76 bits per heavy atom. The van der Waals surface area contributed by atoms with Crippen molar-refractivity contribution in [3.05, 3.63) is 54.1 Å². The fraction of sp³-hybridized carbons (Fsp3) is 0.364. The maximum Gasteiger partial charge on any atom is 0.279 e. The standard InChI is InChI=1S/C22H25N3O4/c1-16-6-2-3-7-17(16)23-21(26)14-24-10-12-25(13-11-24)22(27)20-15-28-18-8-4-5-9-19(18)29-20/h2-9,20H,10-15H2,1H3,(H,23,26)/p+1/t20-/m0/s1. The summed E-state index contributed by atoms with van der Waals surface area (Å²) in [5.41, 5.74) is 1.89. The van der Waals surface area contributed by atoms with Crippen molar-refractivity contribution < 1.29 is 24.0 Å². The molecule has 1 atom stereocenters. The van der Waals surface area contributed by atoms with Gasteiger partial charge in [0.25, 0.3) is 11.8 Å². The number of hydrogen-bond acceptors (Lipinski definition) is 4. The maximum absolute atomic E-state index is 12.8. The third-order valence-corrected chi connectivity index (χ3v) is 5.40. The summed E-state index contributed by atoms with van der Waals surface area (Å²) in [5, 5.41) is 2.98. The molecule has 2 aliphatic rings. The first-order valence-corrected chi connectivity index (χ1v) is 9.96. The average Bonchev–Trinajstić information content (AvgIpc) is 2.75. The topological polar surface area (TPSA) is 72.3 Å². The normalized spacial score (nSPS) is 18.9. The number of amides is 2. The summed E-state index contributed by atoms with van der Waals surface area (Å²) in [6.45, 7) is 5.27. The molecule has 7 heteroatoms. The lowest BCUT2D eigenvalue weighted by atomic mass is 10.2. The van der Waals surface area contributed by atoms with Crippen LogP contribution in [0.2, 0.25) is 0 Å². The van der Waals surface area contributed by atoms with Crippen molar-refractivity contribution in [2.24, 2.45) is 0 Å². The fourth-order valence-corrected chi connectivity index (χ4v) is 3.70. The molecule has 0 aromatic heterocycles. The lowest BCUT2D eigenvalue weighted by Crippen LogP contribution is -3.15. The zero-order valence-electron chi connectivity index (χ0n) is 16.5. The van der Waals surface area contributed by atoms with E-state index < -0.39 is 6.10 Å². The van der Waals surface area contributed by atoms with E-state index in [1.54, 1.807) is 0 Å². The van der Waals surface area contributed by atoms with Crippen molar-refractivity contribution in [2.75, 3.05) is 44.6 Å². The van der Waals surface area contributed by atoms with Crippen LogP contribution in [0.5, 0.6) is 11.5 Å². The van der Waals surface area contributed by atoms with Crippen LogP contribution >= 0.6 is 0 Å². The van der Waals surface area contributed by atoms with E-state index in [9.17, 15) is 9.59 Å². The van der Waals surface area contributed by atoms with E-state index in [1.165, 1.54) is 4.90 Å². The van der Waals surface area contributed by atoms with Crippen molar-refractivity contribution in [3.8, 4) is 11.5 Å². The molecular formula is C22H26N3O4+. The Hall–Kier alpha value is -3.06. The van der Waals surface area contributed by atoms with E-state index in [0.29, 0.717) is 31.1 Å². The number of anilines is 1. The van der Waals surface area contributed by atoms with Gasteiger partial charge in [-0.1, -0.05) is 30.3 Å². The molecule has 0 spiro atoms. The van der Waals surface area contributed by atoms with Crippen molar-refractivity contribution >= 4 is 17.5 Å². The SMILES string of the molecule is Cc1ccccc1NC(=O)C[NH+]1CCN(C(=O)[C@@H]2COc3ccccc3O2)CC1. The van der Waals surface area contributed by atoms with Gasteiger partial charge in [-0.15, -0.1) is 0 Å². The van der Waals surface area contributed by atoms with Gasteiger partial charge in [0.15, 0.2) is 18.0 Å². The summed E-state index contributed by atoms with van der Waals surface area (Å²) in [7, 11) is 0. The number of ether oxygens (including phenoxy) is 2. The van der Waals surface area contributed by atoms with Gasteiger partial charge >= 0.3 is 0 Å². The molecule has 0 unspecified atom stereocenters. The van der Waals surface area contributed by atoms with Crippen LogP contribution in [0.15, 0.2) is 48.5 Å². The molecule has 7 nitrogen and oxygen atoms in total. The van der Waals surface area contributed by atoms with E-state index >= 15 is 0 Å². The van der Waals surface area contributed by atoms with Crippen molar-refractivity contribution in [1.29, 1.82) is 0 Å².